The maximum absolute atomic E-state index is 12.9. The van der Waals surface area contributed by atoms with Crippen LogP contribution in [0.2, 0.25) is 0 Å². The van der Waals surface area contributed by atoms with E-state index in [9.17, 15) is 14.4 Å². The number of rotatable bonds is 5. The summed E-state index contributed by atoms with van der Waals surface area (Å²) in [6.07, 6.45) is 0. The molecule has 0 spiro atoms. The first-order valence-corrected chi connectivity index (χ1v) is 8.62. The van der Waals surface area contributed by atoms with E-state index in [2.05, 4.69) is 15.7 Å². The predicted octanol–water partition coefficient (Wildman–Crippen LogP) is 1.63. The molecule has 4 rings (SSSR count). The zero-order valence-corrected chi connectivity index (χ0v) is 15.0. The Labute approximate surface area is 160 Å². The number of carbonyl (C=O) groups excluding carboxylic acids is 3. The van der Waals surface area contributed by atoms with Crippen molar-refractivity contribution in [2.75, 3.05) is 23.9 Å². The van der Waals surface area contributed by atoms with E-state index in [1.54, 1.807) is 48.5 Å². The van der Waals surface area contributed by atoms with Crippen LogP contribution in [0.15, 0.2) is 64.9 Å². The summed E-state index contributed by atoms with van der Waals surface area (Å²) in [5.41, 5.74) is 1.06. The van der Waals surface area contributed by atoms with Crippen LogP contribution in [0.4, 0.5) is 11.4 Å². The number of methoxy groups -OCH3 is 1. The number of ether oxygens (including phenoxy) is 1. The number of imide groups is 1. The number of carbonyl (C=O) groups is 3. The molecule has 2 aromatic carbocycles. The molecule has 2 heterocycles. The molecule has 3 amide bonds. The van der Waals surface area contributed by atoms with Crippen molar-refractivity contribution >= 4 is 29.1 Å². The second-order valence-corrected chi connectivity index (χ2v) is 6.32. The number of nitrogens with one attached hydrogen (secondary N) is 1. The van der Waals surface area contributed by atoms with Crippen LogP contribution >= 0.6 is 0 Å². The number of amides is 3. The maximum Gasteiger partial charge on any atom is 0.263 e. The number of fused-ring (bicyclic) bond motifs is 1. The van der Waals surface area contributed by atoms with Gasteiger partial charge in [-0.05, 0) is 36.4 Å². The van der Waals surface area contributed by atoms with Gasteiger partial charge in [-0.2, -0.15) is 5.11 Å². The summed E-state index contributed by atoms with van der Waals surface area (Å²) < 4.78 is 5.10. The van der Waals surface area contributed by atoms with E-state index in [1.807, 2.05) is 6.07 Å². The first kappa shape index (κ1) is 17.7. The van der Waals surface area contributed by atoms with Crippen molar-refractivity contribution in [1.29, 1.82) is 0 Å². The van der Waals surface area contributed by atoms with Crippen LogP contribution < -0.4 is 15.0 Å². The van der Waals surface area contributed by atoms with Crippen LogP contribution in [0.25, 0.3) is 0 Å². The smallest absolute Gasteiger partial charge is 0.263 e. The molecule has 0 saturated carbocycles. The Hall–Kier alpha value is -3.75. The Bertz CT molecular complexity index is 945. The molecule has 0 bridgehead atoms. The van der Waals surface area contributed by atoms with Crippen LogP contribution in [0.1, 0.15) is 0 Å². The molecule has 142 valence electrons. The Balaban J connectivity index is 1.48. The van der Waals surface area contributed by atoms with Gasteiger partial charge < -0.3 is 10.1 Å². The average molecular weight is 379 g/mol. The minimum Gasteiger partial charge on any atom is -0.497 e. The monoisotopic (exact) mass is 379 g/mol. The molecule has 2 aromatic rings. The van der Waals surface area contributed by atoms with Gasteiger partial charge in [0.2, 0.25) is 5.91 Å². The van der Waals surface area contributed by atoms with Gasteiger partial charge in [-0.3, -0.25) is 19.4 Å². The molecule has 2 atom stereocenters. The van der Waals surface area contributed by atoms with Gasteiger partial charge in [0.1, 0.15) is 12.3 Å². The number of benzene rings is 2. The van der Waals surface area contributed by atoms with E-state index in [4.69, 9.17) is 4.74 Å². The van der Waals surface area contributed by atoms with Crippen molar-refractivity contribution in [3.8, 4) is 5.75 Å². The van der Waals surface area contributed by atoms with Crippen molar-refractivity contribution < 1.29 is 19.1 Å². The molecule has 1 fully saturated rings. The normalized spacial score (nSPS) is 20.5. The van der Waals surface area contributed by atoms with Crippen molar-refractivity contribution in [1.82, 2.24) is 5.01 Å². The summed E-state index contributed by atoms with van der Waals surface area (Å²) >= 11 is 0. The number of hydrogen-bond acceptors (Lipinski definition) is 7. The lowest BCUT2D eigenvalue weighted by molar-refractivity contribution is -0.123. The average Bonchev–Trinajstić information content (AvgIpc) is 3.22. The fraction of sp³-hybridized carbons (Fsp3) is 0.211. The van der Waals surface area contributed by atoms with Crippen LogP contribution in [-0.4, -0.2) is 48.5 Å². The number of hydrogen-bond donors (Lipinski definition) is 1. The summed E-state index contributed by atoms with van der Waals surface area (Å²) in [5, 5.41) is 11.8. The van der Waals surface area contributed by atoms with Crippen LogP contribution in [0.3, 0.4) is 0 Å². The van der Waals surface area contributed by atoms with Crippen molar-refractivity contribution in [2.45, 2.75) is 12.1 Å². The summed E-state index contributed by atoms with van der Waals surface area (Å²) in [5.74, 6) is -0.663. The molecule has 0 unspecified atom stereocenters. The molecule has 0 radical (unpaired) electrons. The summed E-state index contributed by atoms with van der Waals surface area (Å²) in [6.45, 7) is -0.185. The molecule has 1 saturated heterocycles. The first-order chi connectivity index (χ1) is 13.6. The second-order valence-electron chi connectivity index (χ2n) is 6.32. The zero-order valence-electron chi connectivity index (χ0n) is 15.0. The van der Waals surface area contributed by atoms with Crippen molar-refractivity contribution in [3.63, 3.8) is 0 Å². The van der Waals surface area contributed by atoms with Gasteiger partial charge in [-0.25, -0.2) is 4.90 Å². The lowest BCUT2D eigenvalue weighted by Gasteiger charge is -2.20. The number of anilines is 2. The molecule has 2 aliphatic rings. The molecular formula is C19H17N5O4. The highest BCUT2D eigenvalue weighted by atomic mass is 16.5. The molecule has 9 heteroatoms. The van der Waals surface area contributed by atoms with Gasteiger partial charge in [0, 0.05) is 5.69 Å². The zero-order chi connectivity index (χ0) is 19.7. The second kappa shape index (κ2) is 7.10. The highest BCUT2D eigenvalue weighted by Crippen LogP contribution is 2.32. The van der Waals surface area contributed by atoms with Gasteiger partial charge >= 0.3 is 0 Å². The fourth-order valence-electron chi connectivity index (χ4n) is 3.21. The molecule has 28 heavy (non-hydrogen) atoms. The first-order valence-electron chi connectivity index (χ1n) is 8.62. The van der Waals surface area contributed by atoms with Crippen molar-refractivity contribution in [3.05, 3.63) is 54.6 Å². The quantitative estimate of drug-likeness (QED) is 0.795. The van der Waals surface area contributed by atoms with E-state index in [0.717, 1.165) is 4.90 Å². The summed E-state index contributed by atoms with van der Waals surface area (Å²) in [6, 6.07) is 13.6. The van der Waals surface area contributed by atoms with Gasteiger partial charge in [0.25, 0.3) is 11.8 Å². The highest BCUT2D eigenvalue weighted by molar-refractivity contribution is 6.25. The largest absolute Gasteiger partial charge is 0.497 e. The van der Waals surface area contributed by atoms with E-state index >= 15 is 0 Å². The van der Waals surface area contributed by atoms with E-state index in [1.165, 1.54) is 12.1 Å². The third-order valence-corrected chi connectivity index (χ3v) is 4.55. The summed E-state index contributed by atoms with van der Waals surface area (Å²) in [4.78, 5) is 38.9. The molecule has 1 N–H and O–H groups in total. The standard InChI is InChI=1S/C19H17N5O4/c1-28-14-9-7-13(8-10-14)24-18(26)16-17(19(24)27)23(22-21-16)11-15(25)20-12-5-3-2-4-6-12/h2-10,16-17H,11H2,1H3,(H,20,25)/t16-,17+/m0/s1. The summed E-state index contributed by atoms with van der Waals surface area (Å²) in [7, 11) is 1.53. The van der Waals surface area contributed by atoms with E-state index in [0.29, 0.717) is 17.1 Å². The Morgan fingerprint density at radius 2 is 1.79 bits per heavy atom. The Morgan fingerprint density at radius 1 is 1.07 bits per heavy atom. The molecular weight excluding hydrogens is 362 g/mol. The van der Waals surface area contributed by atoms with Gasteiger partial charge in [0.05, 0.1) is 12.8 Å². The van der Waals surface area contributed by atoms with Gasteiger partial charge in [-0.1, -0.05) is 23.4 Å². The van der Waals surface area contributed by atoms with E-state index < -0.39 is 23.9 Å². The molecule has 2 aliphatic heterocycles. The Kier molecular flexibility index (Phi) is 4.48. The van der Waals surface area contributed by atoms with Crippen molar-refractivity contribution in [2.24, 2.45) is 10.3 Å². The maximum atomic E-state index is 12.9. The lowest BCUT2D eigenvalue weighted by atomic mass is 10.1. The predicted molar refractivity (Wildman–Crippen MR) is 99.7 cm³/mol. The molecule has 0 aliphatic carbocycles. The molecule has 9 nitrogen and oxygen atoms in total. The molecule has 0 aromatic heterocycles. The van der Waals surface area contributed by atoms with Crippen LogP contribution in [-0.2, 0) is 14.4 Å². The highest BCUT2D eigenvalue weighted by Gasteiger charge is 2.55. The van der Waals surface area contributed by atoms with Crippen LogP contribution in [0.5, 0.6) is 5.75 Å². The Morgan fingerprint density at radius 3 is 2.46 bits per heavy atom. The third-order valence-electron chi connectivity index (χ3n) is 4.55. The minimum absolute atomic E-state index is 0.185. The van der Waals surface area contributed by atoms with Gasteiger partial charge in [0.15, 0.2) is 12.1 Å². The topological polar surface area (TPSA) is 104 Å². The number of nitrogens with zero attached hydrogens (tertiary/aromatic N) is 4. The number of para-hydroxylation sites is 1. The van der Waals surface area contributed by atoms with E-state index in [-0.39, 0.29) is 12.5 Å². The third kappa shape index (κ3) is 3.07. The van der Waals surface area contributed by atoms with Crippen LogP contribution in [0, 0.1) is 0 Å². The fourth-order valence-corrected chi connectivity index (χ4v) is 3.21. The lowest BCUT2D eigenvalue weighted by Crippen LogP contribution is -2.43. The van der Waals surface area contributed by atoms with Gasteiger partial charge in [-0.15, -0.1) is 0 Å². The SMILES string of the molecule is COc1ccc(N2C(=O)[C@H]3N=NN(CC(=O)Nc4ccccc4)[C@H]3C2=O)cc1. The minimum atomic E-state index is -0.945.